The molecule has 0 saturated heterocycles. The summed E-state index contributed by atoms with van der Waals surface area (Å²) in [6.07, 6.45) is -0.234. The number of carbonyl (C=O) groups is 2. The minimum atomic E-state index is -2.73. The molecule has 0 spiro atoms. The molecular formula is C13H12BrF2NO3. The minimum absolute atomic E-state index is 0.0299. The summed E-state index contributed by atoms with van der Waals surface area (Å²) in [5.41, 5.74) is -0.933. The van der Waals surface area contributed by atoms with Gasteiger partial charge in [0.1, 0.15) is 0 Å². The quantitative estimate of drug-likeness (QED) is 0.879. The first-order chi connectivity index (χ1) is 9.16. The number of hydrogen-bond acceptors (Lipinski definition) is 2. The highest BCUT2D eigenvalue weighted by Gasteiger charge is 2.67. The molecule has 0 heterocycles. The first-order valence-corrected chi connectivity index (χ1v) is 6.64. The Kier molecular flexibility index (Phi) is 3.58. The van der Waals surface area contributed by atoms with Crippen molar-refractivity contribution in [2.75, 3.05) is 6.54 Å². The maximum atomic E-state index is 13.0. The van der Waals surface area contributed by atoms with Gasteiger partial charge in [-0.25, -0.2) is 13.6 Å². The number of carboxylic acid groups (broad SMARTS) is 1. The lowest BCUT2D eigenvalue weighted by molar-refractivity contribution is 0.0670. The standard InChI is InChI=1S/C13H12BrF2NO3/c1-12(5-13(12,15)16)6-17-10(18)7-2-3-8(11(19)20)9(14)4-7/h2-4H,5-6H2,1H3,(H,17,18)(H,19,20). The van der Waals surface area contributed by atoms with Gasteiger partial charge >= 0.3 is 5.97 Å². The van der Waals surface area contributed by atoms with Gasteiger partial charge in [0.05, 0.1) is 11.0 Å². The lowest BCUT2D eigenvalue weighted by Crippen LogP contribution is -2.31. The molecule has 1 amide bonds. The molecule has 2 N–H and O–H groups in total. The van der Waals surface area contributed by atoms with Crippen molar-refractivity contribution in [3.05, 3.63) is 33.8 Å². The van der Waals surface area contributed by atoms with Crippen LogP contribution in [-0.4, -0.2) is 29.5 Å². The lowest BCUT2D eigenvalue weighted by Gasteiger charge is -2.12. The predicted octanol–water partition coefficient (Wildman–Crippen LogP) is 2.92. The summed E-state index contributed by atoms with van der Waals surface area (Å²) in [5, 5.41) is 11.3. The van der Waals surface area contributed by atoms with Crippen LogP contribution in [0.15, 0.2) is 22.7 Å². The molecule has 1 fully saturated rings. The molecule has 1 aromatic rings. The Morgan fingerprint density at radius 1 is 1.45 bits per heavy atom. The highest BCUT2D eigenvalue weighted by atomic mass is 79.9. The number of amides is 1. The fraction of sp³-hybridized carbons (Fsp3) is 0.385. The van der Waals surface area contributed by atoms with Gasteiger partial charge in [-0.3, -0.25) is 4.79 Å². The van der Waals surface area contributed by atoms with Gasteiger partial charge in [0, 0.05) is 23.0 Å². The van der Waals surface area contributed by atoms with E-state index in [1.165, 1.54) is 25.1 Å². The number of carboxylic acids is 1. The monoisotopic (exact) mass is 347 g/mol. The summed E-state index contributed by atoms with van der Waals surface area (Å²) >= 11 is 3.06. The Balaban J connectivity index is 2.04. The van der Waals surface area contributed by atoms with Crippen molar-refractivity contribution >= 4 is 27.8 Å². The molecular weight excluding hydrogens is 336 g/mol. The number of carbonyl (C=O) groups excluding carboxylic acids is 1. The van der Waals surface area contributed by atoms with E-state index in [4.69, 9.17) is 5.11 Å². The van der Waals surface area contributed by atoms with E-state index in [1.807, 2.05) is 0 Å². The van der Waals surface area contributed by atoms with E-state index in [2.05, 4.69) is 21.2 Å². The Bertz CT molecular complexity index is 591. The molecule has 1 aliphatic carbocycles. The van der Waals surface area contributed by atoms with Crippen LogP contribution < -0.4 is 5.32 Å². The summed E-state index contributed by atoms with van der Waals surface area (Å²) in [6.45, 7) is 1.30. The van der Waals surface area contributed by atoms with Crippen molar-refractivity contribution in [2.24, 2.45) is 5.41 Å². The second kappa shape index (κ2) is 4.80. The maximum absolute atomic E-state index is 13.0. The zero-order chi connectivity index (χ0) is 15.1. The Morgan fingerprint density at radius 2 is 2.05 bits per heavy atom. The SMILES string of the molecule is CC1(CNC(=O)c2ccc(C(=O)O)c(Br)c2)CC1(F)F. The van der Waals surface area contributed by atoms with E-state index < -0.39 is 23.2 Å². The van der Waals surface area contributed by atoms with E-state index in [9.17, 15) is 18.4 Å². The lowest BCUT2D eigenvalue weighted by atomic mass is 10.1. The summed E-state index contributed by atoms with van der Waals surface area (Å²) < 4.78 is 26.3. The Morgan fingerprint density at radius 3 is 2.50 bits per heavy atom. The third-order valence-corrected chi connectivity index (χ3v) is 4.13. The van der Waals surface area contributed by atoms with Gasteiger partial charge in [-0.05, 0) is 34.1 Å². The number of nitrogens with one attached hydrogen (secondary N) is 1. The smallest absolute Gasteiger partial charge is 0.336 e. The number of alkyl halides is 2. The number of benzene rings is 1. The van der Waals surface area contributed by atoms with E-state index in [0.29, 0.717) is 0 Å². The van der Waals surface area contributed by atoms with Gasteiger partial charge in [0.2, 0.25) is 0 Å². The molecule has 2 rings (SSSR count). The first kappa shape index (κ1) is 14.9. The van der Waals surface area contributed by atoms with Crippen molar-refractivity contribution in [1.29, 1.82) is 0 Å². The van der Waals surface area contributed by atoms with Gasteiger partial charge in [-0.2, -0.15) is 0 Å². The average Bonchev–Trinajstić information content (AvgIpc) is 2.85. The molecule has 0 aliphatic heterocycles. The zero-order valence-corrected chi connectivity index (χ0v) is 12.1. The molecule has 0 radical (unpaired) electrons. The Hall–Kier alpha value is -1.50. The van der Waals surface area contributed by atoms with E-state index in [-0.39, 0.29) is 28.6 Å². The van der Waals surface area contributed by atoms with Crippen molar-refractivity contribution < 1.29 is 23.5 Å². The topological polar surface area (TPSA) is 66.4 Å². The molecule has 1 atom stereocenters. The highest BCUT2D eigenvalue weighted by Crippen LogP contribution is 2.59. The van der Waals surface area contributed by atoms with E-state index >= 15 is 0 Å². The van der Waals surface area contributed by atoms with Crippen molar-refractivity contribution in [3.63, 3.8) is 0 Å². The van der Waals surface area contributed by atoms with Crippen molar-refractivity contribution in [1.82, 2.24) is 5.32 Å². The van der Waals surface area contributed by atoms with Crippen LogP contribution in [0, 0.1) is 5.41 Å². The molecule has 7 heteroatoms. The van der Waals surface area contributed by atoms with E-state index in [1.54, 1.807) is 0 Å². The van der Waals surface area contributed by atoms with Crippen LogP contribution >= 0.6 is 15.9 Å². The molecule has 108 valence electrons. The van der Waals surface area contributed by atoms with Crippen LogP contribution in [0.1, 0.15) is 34.1 Å². The van der Waals surface area contributed by atoms with Gasteiger partial charge in [0.15, 0.2) is 0 Å². The second-order valence-corrected chi connectivity index (χ2v) is 5.98. The fourth-order valence-electron chi connectivity index (χ4n) is 1.84. The minimum Gasteiger partial charge on any atom is -0.478 e. The molecule has 20 heavy (non-hydrogen) atoms. The van der Waals surface area contributed by atoms with Crippen LogP contribution in [0.3, 0.4) is 0 Å². The van der Waals surface area contributed by atoms with Crippen LogP contribution in [0.25, 0.3) is 0 Å². The van der Waals surface area contributed by atoms with Crippen LogP contribution in [0.4, 0.5) is 8.78 Å². The normalized spacial score (nSPS) is 23.2. The molecule has 1 unspecified atom stereocenters. The predicted molar refractivity (Wildman–Crippen MR) is 71.1 cm³/mol. The van der Waals surface area contributed by atoms with Crippen LogP contribution in [0.2, 0.25) is 0 Å². The van der Waals surface area contributed by atoms with Crippen LogP contribution in [-0.2, 0) is 0 Å². The third-order valence-electron chi connectivity index (χ3n) is 3.47. The largest absolute Gasteiger partial charge is 0.478 e. The van der Waals surface area contributed by atoms with Gasteiger partial charge in [0.25, 0.3) is 11.8 Å². The number of aromatic carboxylic acids is 1. The molecule has 1 saturated carbocycles. The number of rotatable bonds is 4. The summed E-state index contributed by atoms with van der Waals surface area (Å²) in [7, 11) is 0. The van der Waals surface area contributed by atoms with Gasteiger partial charge in [-0.1, -0.05) is 6.92 Å². The summed E-state index contributed by atoms with van der Waals surface area (Å²) in [4.78, 5) is 22.7. The van der Waals surface area contributed by atoms with Gasteiger partial charge in [-0.15, -0.1) is 0 Å². The molecule has 4 nitrogen and oxygen atoms in total. The van der Waals surface area contributed by atoms with Crippen LogP contribution in [0.5, 0.6) is 0 Å². The molecule has 1 aromatic carbocycles. The van der Waals surface area contributed by atoms with Crippen molar-refractivity contribution in [3.8, 4) is 0 Å². The number of halogens is 3. The van der Waals surface area contributed by atoms with Crippen molar-refractivity contribution in [2.45, 2.75) is 19.3 Å². The summed E-state index contributed by atoms with van der Waals surface area (Å²) in [5.74, 6) is -4.35. The summed E-state index contributed by atoms with van der Waals surface area (Å²) in [6, 6.07) is 3.98. The maximum Gasteiger partial charge on any atom is 0.336 e. The second-order valence-electron chi connectivity index (χ2n) is 5.12. The first-order valence-electron chi connectivity index (χ1n) is 5.85. The highest BCUT2D eigenvalue weighted by molar-refractivity contribution is 9.10. The average molecular weight is 348 g/mol. The Labute approximate surface area is 122 Å². The molecule has 0 bridgehead atoms. The van der Waals surface area contributed by atoms with E-state index in [0.717, 1.165) is 0 Å². The molecule has 1 aliphatic rings. The van der Waals surface area contributed by atoms with Gasteiger partial charge < -0.3 is 10.4 Å². The molecule has 0 aromatic heterocycles. The third kappa shape index (κ3) is 2.67. The zero-order valence-electron chi connectivity index (χ0n) is 10.5. The number of hydrogen-bond donors (Lipinski definition) is 2. The fourth-order valence-corrected chi connectivity index (χ4v) is 2.39.